The molecule has 1 fully saturated rings. The minimum atomic E-state index is 0.581. The molecule has 0 unspecified atom stereocenters. The van der Waals surface area contributed by atoms with Crippen LogP contribution in [0.2, 0.25) is 0 Å². The number of hydrogen-bond donors (Lipinski definition) is 0. The van der Waals surface area contributed by atoms with Crippen LogP contribution in [0.3, 0.4) is 0 Å². The Morgan fingerprint density at radius 2 is 1.95 bits per heavy atom. The molecule has 0 amide bonds. The molecule has 0 saturated heterocycles. The van der Waals surface area contributed by atoms with E-state index in [9.17, 15) is 0 Å². The van der Waals surface area contributed by atoms with Crippen molar-refractivity contribution in [2.24, 2.45) is 0 Å². The molecule has 0 N–H and O–H groups in total. The van der Waals surface area contributed by atoms with Crippen molar-refractivity contribution in [1.82, 2.24) is 20.0 Å². The fourth-order valence-electron chi connectivity index (χ4n) is 3.61. The summed E-state index contributed by atoms with van der Waals surface area (Å²) in [5.74, 6) is 1.63. The van der Waals surface area contributed by atoms with Gasteiger partial charge in [0.1, 0.15) is 12.1 Å². The lowest BCUT2D eigenvalue weighted by Crippen LogP contribution is -2.29. The summed E-state index contributed by atoms with van der Waals surface area (Å²) < 4.78 is 5.05. The first kappa shape index (κ1) is 13.9. The normalized spacial score (nSPS) is 20.0. The average Bonchev–Trinajstić information content (AvgIpc) is 3.04. The SMILES string of the molecule is c1nc(C2CCCCC2)ncc1CN1CCc2nocc2C1. The first-order valence-corrected chi connectivity index (χ1v) is 8.34. The van der Waals surface area contributed by atoms with Crippen LogP contribution < -0.4 is 0 Å². The van der Waals surface area contributed by atoms with Crippen LogP contribution in [0.4, 0.5) is 0 Å². The molecule has 1 aliphatic carbocycles. The Morgan fingerprint density at radius 3 is 2.77 bits per heavy atom. The molecule has 0 bridgehead atoms. The number of fused-ring (bicyclic) bond motifs is 1. The summed E-state index contributed by atoms with van der Waals surface area (Å²) in [6.07, 6.45) is 13.3. The van der Waals surface area contributed by atoms with Crippen LogP contribution in [0, 0.1) is 0 Å². The summed E-state index contributed by atoms with van der Waals surface area (Å²) in [4.78, 5) is 11.7. The maximum atomic E-state index is 5.05. The number of hydrogen-bond acceptors (Lipinski definition) is 5. The van der Waals surface area contributed by atoms with E-state index < -0.39 is 0 Å². The van der Waals surface area contributed by atoms with E-state index in [4.69, 9.17) is 4.52 Å². The number of aromatic nitrogens is 3. The standard InChI is InChI=1S/C17H22N4O/c1-2-4-14(5-3-1)17-18-8-13(9-19-17)10-21-7-6-16-15(11-21)12-22-20-16/h8-9,12,14H,1-7,10-11H2. The van der Waals surface area contributed by atoms with Gasteiger partial charge in [-0.25, -0.2) is 9.97 Å². The quantitative estimate of drug-likeness (QED) is 0.871. The van der Waals surface area contributed by atoms with Crippen molar-refractivity contribution >= 4 is 0 Å². The van der Waals surface area contributed by atoms with Crippen molar-refractivity contribution in [3.8, 4) is 0 Å². The molecule has 116 valence electrons. The molecule has 5 heteroatoms. The molecule has 1 saturated carbocycles. The van der Waals surface area contributed by atoms with Gasteiger partial charge >= 0.3 is 0 Å². The Morgan fingerprint density at radius 1 is 1.14 bits per heavy atom. The third kappa shape index (κ3) is 2.90. The van der Waals surface area contributed by atoms with Gasteiger partial charge in [-0.3, -0.25) is 4.90 Å². The predicted octanol–water partition coefficient (Wildman–Crippen LogP) is 3.07. The summed E-state index contributed by atoms with van der Waals surface area (Å²) in [6, 6.07) is 0. The second kappa shape index (κ2) is 6.16. The monoisotopic (exact) mass is 298 g/mol. The molecular formula is C17H22N4O. The van der Waals surface area contributed by atoms with E-state index in [0.717, 1.165) is 37.6 Å². The first-order chi connectivity index (χ1) is 10.9. The van der Waals surface area contributed by atoms with Gasteiger partial charge in [0.05, 0.1) is 5.69 Å². The Bertz CT molecular complexity index is 616. The van der Waals surface area contributed by atoms with E-state index in [0.29, 0.717) is 5.92 Å². The largest absolute Gasteiger partial charge is 0.364 e. The molecule has 0 aromatic carbocycles. The lowest BCUT2D eigenvalue weighted by atomic mass is 9.89. The van der Waals surface area contributed by atoms with Crippen LogP contribution in [0.25, 0.3) is 0 Å². The van der Waals surface area contributed by atoms with Gasteiger partial charge in [0, 0.05) is 55.5 Å². The van der Waals surface area contributed by atoms with Gasteiger partial charge in [-0.1, -0.05) is 24.4 Å². The third-order valence-electron chi connectivity index (χ3n) is 4.89. The second-order valence-electron chi connectivity index (χ2n) is 6.53. The molecule has 4 rings (SSSR count). The average molecular weight is 298 g/mol. The van der Waals surface area contributed by atoms with E-state index >= 15 is 0 Å². The van der Waals surface area contributed by atoms with Gasteiger partial charge in [-0.2, -0.15) is 0 Å². The highest BCUT2D eigenvalue weighted by molar-refractivity contribution is 5.18. The van der Waals surface area contributed by atoms with Gasteiger partial charge in [0.2, 0.25) is 0 Å². The van der Waals surface area contributed by atoms with Gasteiger partial charge in [-0.15, -0.1) is 0 Å². The zero-order valence-corrected chi connectivity index (χ0v) is 12.9. The Balaban J connectivity index is 1.39. The highest BCUT2D eigenvalue weighted by Gasteiger charge is 2.20. The highest BCUT2D eigenvalue weighted by Crippen LogP contribution is 2.30. The smallest absolute Gasteiger partial charge is 0.131 e. The molecule has 1 aliphatic heterocycles. The van der Waals surface area contributed by atoms with Crippen LogP contribution in [0.15, 0.2) is 23.2 Å². The molecule has 2 aliphatic rings. The minimum absolute atomic E-state index is 0.581. The number of rotatable bonds is 3. The van der Waals surface area contributed by atoms with Crippen molar-refractivity contribution in [1.29, 1.82) is 0 Å². The maximum Gasteiger partial charge on any atom is 0.131 e. The highest BCUT2D eigenvalue weighted by atomic mass is 16.5. The molecular weight excluding hydrogens is 276 g/mol. The van der Waals surface area contributed by atoms with Crippen LogP contribution in [0.5, 0.6) is 0 Å². The molecule has 5 nitrogen and oxygen atoms in total. The Hall–Kier alpha value is -1.75. The zero-order valence-electron chi connectivity index (χ0n) is 12.9. The van der Waals surface area contributed by atoms with E-state index in [2.05, 4.69) is 20.0 Å². The molecule has 2 aromatic heterocycles. The zero-order chi connectivity index (χ0) is 14.8. The van der Waals surface area contributed by atoms with Crippen molar-refractivity contribution < 1.29 is 4.52 Å². The second-order valence-corrected chi connectivity index (χ2v) is 6.53. The molecule has 0 atom stereocenters. The maximum absolute atomic E-state index is 5.05. The van der Waals surface area contributed by atoms with Crippen molar-refractivity contribution in [3.63, 3.8) is 0 Å². The van der Waals surface area contributed by atoms with Crippen LogP contribution in [0.1, 0.15) is 60.7 Å². The van der Waals surface area contributed by atoms with Crippen LogP contribution in [-0.2, 0) is 19.5 Å². The third-order valence-corrected chi connectivity index (χ3v) is 4.89. The van der Waals surface area contributed by atoms with E-state index in [1.807, 2.05) is 12.4 Å². The molecule has 0 spiro atoms. The Labute approximate surface area is 130 Å². The summed E-state index contributed by atoms with van der Waals surface area (Å²) in [6.45, 7) is 2.82. The van der Waals surface area contributed by atoms with E-state index in [-0.39, 0.29) is 0 Å². The van der Waals surface area contributed by atoms with Crippen molar-refractivity contribution in [3.05, 3.63) is 41.3 Å². The lowest BCUT2D eigenvalue weighted by Gasteiger charge is -2.25. The summed E-state index contributed by atoms with van der Waals surface area (Å²) in [5.41, 5.74) is 3.52. The summed E-state index contributed by atoms with van der Waals surface area (Å²) in [5, 5.41) is 4.04. The first-order valence-electron chi connectivity index (χ1n) is 8.34. The van der Waals surface area contributed by atoms with Gasteiger partial charge < -0.3 is 4.52 Å². The van der Waals surface area contributed by atoms with Gasteiger partial charge in [0.15, 0.2) is 0 Å². The molecule has 3 heterocycles. The lowest BCUT2D eigenvalue weighted by molar-refractivity contribution is 0.244. The fraction of sp³-hybridized carbons (Fsp3) is 0.588. The summed E-state index contributed by atoms with van der Waals surface area (Å²) >= 11 is 0. The van der Waals surface area contributed by atoms with E-state index in [1.165, 1.54) is 43.2 Å². The molecule has 0 radical (unpaired) electrons. The van der Waals surface area contributed by atoms with Crippen LogP contribution >= 0.6 is 0 Å². The Kier molecular flexibility index (Phi) is 3.89. The molecule has 22 heavy (non-hydrogen) atoms. The van der Waals surface area contributed by atoms with Crippen molar-refractivity contribution in [2.45, 2.75) is 57.5 Å². The van der Waals surface area contributed by atoms with E-state index in [1.54, 1.807) is 6.26 Å². The van der Waals surface area contributed by atoms with Crippen molar-refractivity contribution in [2.75, 3.05) is 6.54 Å². The van der Waals surface area contributed by atoms with Gasteiger partial charge in [-0.05, 0) is 12.8 Å². The van der Waals surface area contributed by atoms with Crippen LogP contribution in [-0.4, -0.2) is 26.6 Å². The topological polar surface area (TPSA) is 55.1 Å². The number of nitrogens with zero attached hydrogens (tertiary/aromatic N) is 4. The fourth-order valence-corrected chi connectivity index (χ4v) is 3.61. The predicted molar refractivity (Wildman–Crippen MR) is 82.2 cm³/mol. The molecule has 2 aromatic rings. The van der Waals surface area contributed by atoms with Gasteiger partial charge in [0.25, 0.3) is 0 Å². The summed E-state index contributed by atoms with van der Waals surface area (Å²) in [7, 11) is 0. The minimum Gasteiger partial charge on any atom is -0.364 e.